The van der Waals surface area contributed by atoms with Crippen LogP contribution in [-0.2, 0) is 30.4 Å². The largest absolute Gasteiger partial charge is 0.462 e. The number of hydrogen-bond acceptors (Lipinski definition) is 5. The Bertz CT molecular complexity index is 727. The van der Waals surface area contributed by atoms with Crippen molar-refractivity contribution in [3.05, 3.63) is 84.4 Å². The van der Waals surface area contributed by atoms with E-state index in [2.05, 4.69) is 6.58 Å². The summed E-state index contributed by atoms with van der Waals surface area (Å²) < 4.78 is 16.1. The molecule has 0 aliphatic rings. The number of benzene rings is 2. The third-order valence-corrected chi connectivity index (χ3v) is 3.82. The monoisotopic (exact) mass is 368 g/mol. The molecule has 0 fully saturated rings. The van der Waals surface area contributed by atoms with E-state index in [0.29, 0.717) is 18.8 Å². The standard InChI is InChI=1S/C22H24O5/c1-3-18(14-25-15-19-10-6-4-7-11-19)16-26-22(24)21(27-17(2)23)20-12-8-5-9-13-20/h3-13,18,21H,1,14-16H2,2H3/t18?,21-/m1/s1. The van der Waals surface area contributed by atoms with Gasteiger partial charge in [0.25, 0.3) is 0 Å². The lowest BCUT2D eigenvalue weighted by Crippen LogP contribution is -2.24. The second-order valence-corrected chi connectivity index (χ2v) is 6.03. The van der Waals surface area contributed by atoms with Gasteiger partial charge in [-0.05, 0) is 5.56 Å². The van der Waals surface area contributed by atoms with E-state index in [1.54, 1.807) is 30.3 Å². The molecule has 0 spiro atoms. The summed E-state index contributed by atoms with van der Waals surface area (Å²) in [6, 6.07) is 18.6. The van der Waals surface area contributed by atoms with Crippen molar-refractivity contribution in [3.63, 3.8) is 0 Å². The molecule has 5 nitrogen and oxygen atoms in total. The smallest absolute Gasteiger partial charge is 0.352 e. The maximum absolute atomic E-state index is 12.4. The molecule has 0 aliphatic heterocycles. The maximum Gasteiger partial charge on any atom is 0.352 e. The second kappa shape index (κ2) is 10.9. The zero-order valence-corrected chi connectivity index (χ0v) is 15.4. The van der Waals surface area contributed by atoms with Crippen molar-refractivity contribution in [2.24, 2.45) is 5.92 Å². The second-order valence-electron chi connectivity index (χ2n) is 6.03. The summed E-state index contributed by atoms with van der Waals surface area (Å²) in [6.45, 7) is 5.96. The molecule has 0 saturated heterocycles. The Morgan fingerprint density at radius 2 is 1.63 bits per heavy atom. The first-order chi connectivity index (χ1) is 13.1. The fraction of sp³-hybridized carbons (Fsp3) is 0.273. The van der Waals surface area contributed by atoms with Crippen molar-refractivity contribution in [2.45, 2.75) is 19.6 Å². The van der Waals surface area contributed by atoms with Crippen LogP contribution in [0.15, 0.2) is 73.3 Å². The highest BCUT2D eigenvalue weighted by Crippen LogP contribution is 2.20. The molecule has 27 heavy (non-hydrogen) atoms. The van der Waals surface area contributed by atoms with Crippen LogP contribution in [0.25, 0.3) is 0 Å². The van der Waals surface area contributed by atoms with Gasteiger partial charge in [0, 0.05) is 18.4 Å². The maximum atomic E-state index is 12.4. The van der Waals surface area contributed by atoms with Gasteiger partial charge in [-0.25, -0.2) is 4.79 Å². The highest BCUT2D eigenvalue weighted by atomic mass is 16.6. The first-order valence-electron chi connectivity index (χ1n) is 8.73. The van der Waals surface area contributed by atoms with Crippen LogP contribution in [0.2, 0.25) is 0 Å². The molecule has 0 aliphatic carbocycles. The van der Waals surface area contributed by atoms with E-state index in [4.69, 9.17) is 14.2 Å². The molecule has 0 radical (unpaired) electrons. The molecule has 2 aromatic carbocycles. The summed E-state index contributed by atoms with van der Waals surface area (Å²) in [6.07, 6.45) is 0.598. The van der Waals surface area contributed by atoms with Gasteiger partial charge in [-0.1, -0.05) is 66.7 Å². The molecule has 0 heterocycles. The third kappa shape index (κ3) is 7.07. The fourth-order valence-corrected chi connectivity index (χ4v) is 2.40. The number of carbonyl (C=O) groups is 2. The van der Waals surface area contributed by atoms with Crippen molar-refractivity contribution in [1.29, 1.82) is 0 Å². The zero-order valence-electron chi connectivity index (χ0n) is 15.4. The lowest BCUT2D eigenvalue weighted by Gasteiger charge is -2.18. The molecular weight excluding hydrogens is 344 g/mol. The molecule has 142 valence electrons. The van der Waals surface area contributed by atoms with Gasteiger partial charge in [-0.2, -0.15) is 0 Å². The summed E-state index contributed by atoms with van der Waals surface area (Å²) in [7, 11) is 0. The molecule has 5 heteroatoms. The molecule has 2 aromatic rings. The minimum absolute atomic E-state index is 0.0989. The molecule has 0 saturated carbocycles. The van der Waals surface area contributed by atoms with E-state index in [9.17, 15) is 9.59 Å². The Kier molecular flexibility index (Phi) is 8.26. The first kappa shape index (κ1) is 20.4. The van der Waals surface area contributed by atoms with Crippen molar-refractivity contribution in [2.75, 3.05) is 13.2 Å². The highest BCUT2D eigenvalue weighted by Gasteiger charge is 2.26. The lowest BCUT2D eigenvalue weighted by molar-refractivity contribution is -0.168. The van der Waals surface area contributed by atoms with Crippen LogP contribution in [0.1, 0.15) is 24.2 Å². The van der Waals surface area contributed by atoms with E-state index < -0.39 is 18.0 Å². The average Bonchev–Trinajstić information content (AvgIpc) is 2.69. The average molecular weight is 368 g/mol. The number of hydrogen-bond donors (Lipinski definition) is 0. The third-order valence-electron chi connectivity index (χ3n) is 3.82. The number of esters is 2. The van der Waals surface area contributed by atoms with Crippen LogP contribution in [0.3, 0.4) is 0 Å². The van der Waals surface area contributed by atoms with Crippen LogP contribution in [0.5, 0.6) is 0 Å². The number of carbonyl (C=O) groups excluding carboxylic acids is 2. The highest BCUT2D eigenvalue weighted by molar-refractivity contribution is 5.80. The minimum Gasteiger partial charge on any atom is -0.462 e. The Labute approximate surface area is 159 Å². The Morgan fingerprint density at radius 3 is 2.22 bits per heavy atom. The lowest BCUT2D eigenvalue weighted by atomic mass is 10.1. The van der Waals surface area contributed by atoms with Crippen molar-refractivity contribution in [1.82, 2.24) is 0 Å². The topological polar surface area (TPSA) is 61.8 Å². The number of ether oxygens (including phenoxy) is 3. The molecule has 0 bridgehead atoms. The van der Waals surface area contributed by atoms with Gasteiger partial charge in [0.2, 0.25) is 6.10 Å². The van der Waals surface area contributed by atoms with Crippen LogP contribution in [0, 0.1) is 5.92 Å². The Balaban J connectivity index is 1.86. The van der Waals surface area contributed by atoms with Gasteiger partial charge in [0.05, 0.1) is 19.8 Å². The van der Waals surface area contributed by atoms with Gasteiger partial charge in [0.15, 0.2) is 0 Å². The molecule has 0 aromatic heterocycles. The summed E-state index contributed by atoms with van der Waals surface area (Å²) in [5.41, 5.74) is 1.63. The van der Waals surface area contributed by atoms with E-state index in [1.165, 1.54) is 6.92 Å². The fourth-order valence-electron chi connectivity index (χ4n) is 2.40. The predicted molar refractivity (Wildman–Crippen MR) is 102 cm³/mol. The van der Waals surface area contributed by atoms with Gasteiger partial charge in [0.1, 0.15) is 0 Å². The van der Waals surface area contributed by atoms with Gasteiger partial charge >= 0.3 is 11.9 Å². The quantitative estimate of drug-likeness (QED) is 0.471. The van der Waals surface area contributed by atoms with Crippen molar-refractivity contribution in [3.8, 4) is 0 Å². The van der Waals surface area contributed by atoms with Crippen molar-refractivity contribution >= 4 is 11.9 Å². The Morgan fingerprint density at radius 1 is 1.00 bits per heavy atom. The van der Waals surface area contributed by atoms with E-state index >= 15 is 0 Å². The summed E-state index contributed by atoms with van der Waals surface area (Å²) in [5.74, 6) is -1.33. The Hall–Kier alpha value is -2.92. The minimum atomic E-state index is -1.08. The molecule has 2 rings (SSSR count). The molecule has 0 amide bonds. The van der Waals surface area contributed by atoms with Crippen LogP contribution >= 0.6 is 0 Å². The molecule has 1 unspecified atom stereocenters. The van der Waals surface area contributed by atoms with E-state index in [0.717, 1.165) is 5.56 Å². The summed E-state index contributed by atoms with van der Waals surface area (Å²) >= 11 is 0. The molecule has 2 atom stereocenters. The van der Waals surface area contributed by atoms with E-state index in [-0.39, 0.29) is 12.5 Å². The van der Waals surface area contributed by atoms with Gasteiger partial charge in [-0.15, -0.1) is 6.58 Å². The zero-order chi connectivity index (χ0) is 19.5. The predicted octanol–water partition coefficient (Wildman–Crippen LogP) is 3.85. The van der Waals surface area contributed by atoms with E-state index in [1.807, 2.05) is 36.4 Å². The molecular formula is C22H24O5. The van der Waals surface area contributed by atoms with Gasteiger partial charge < -0.3 is 14.2 Å². The normalized spacial score (nSPS) is 12.6. The summed E-state index contributed by atoms with van der Waals surface area (Å²) in [5, 5.41) is 0. The first-order valence-corrected chi connectivity index (χ1v) is 8.73. The number of rotatable bonds is 10. The summed E-state index contributed by atoms with van der Waals surface area (Å²) in [4.78, 5) is 23.8. The van der Waals surface area contributed by atoms with Crippen LogP contribution in [-0.4, -0.2) is 25.2 Å². The SMILES string of the molecule is C=CC(COCc1ccccc1)COC(=O)[C@H](OC(C)=O)c1ccccc1. The van der Waals surface area contributed by atoms with Crippen molar-refractivity contribution < 1.29 is 23.8 Å². The van der Waals surface area contributed by atoms with Crippen LogP contribution in [0.4, 0.5) is 0 Å². The molecule has 0 N–H and O–H groups in total. The van der Waals surface area contributed by atoms with Gasteiger partial charge in [-0.3, -0.25) is 4.79 Å². The van der Waals surface area contributed by atoms with Crippen LogP contribution < -0.4 is 0 Å².